The van der Waals surface area contributed by atoms with Crippen LogP contribution in [0, 0.1) is 0 Å². The molecule has 1 aromatic rings. The van der Waals surface area contributed by atoms with Gasteiger partial charge >= 0.3 is 0 Å². The van der Waals surface area contributed by atoms with E-state index >= 15 is 0 Å². The van der Waals surface area contributed by atoms with E-state index in [1.165, 1.54) is 5.69 Å². The summed E-state index contributed by atoms with van der Waals surface area (Å²) in [6.07, 6.45) is 1.04. The van der Waals surface area contributed by atoms with Crippen LogP contribution in [0.15, 0.2) is 24.3 Å². The van der Waals surface area contributed by atoms with E-state index in [-0.39, 0.29) is 5.91 Å². The van der Waals surface area contributed by atoms with E-state index in [2.05, 4.69) is 24.1 Å². The molecule has 0 aromatic heterocycles. The number of amides is 1. The SMILES string of the molecule is CCC(C)NCC(=O)N1CCN(c2ccc(Cl)cc2)CC1. The fraction of sp³-hybridized carbons (Fsp3) is 0.562. The van der Waals surface area contributed by atoms with Crippen molar-refractivity contribution in [2.75, 3.05) is 37.6 Å². The van der Waals surface area contributed by atoms with Crippen LogP contribution in [0.25, 0.3) is 0 Å². The molecule has 21 heavy (non-hydrogen) atoms. The summed E-state index contributed by atoms with van der Waals surface area (Å²) >= 11 is 5.91. The van der Waals surface area contributed by atoms with E-state index in [1.807, 2.05) is 29.2 Å². The lowest BCUT2D eigenvalue weighted by molar-refractivity contribution is -0.130. The number of nitrogens with one attached hydrogen (secondary N) is 1. The third kappa shape index (κ3) is 4.61. The number of carbonyl (C=O) groups excluding carboxylic acids is 1. The smallest absolute Gasteiger partial charge is 0.236 e. The van der Waals surface area contributed by atoms with Crippen LogP contribution < -0.4 is 10.2 Å². The number of rotatable bonds is 5. The Morgan fingerprint density at radius 2 is 1.86 bits per heavy atom. The van der Waals surface area contributed by atoms with Gasteiger partial charge in [0.05, 0.1) is 6.54 Å². The summed E-state index contributed by atoms with van der Waals surface area (Å²) in [6, 6.07) is 8.27. The standard InChI is InChI=1S/C16H24ClN3O/c1-3-13(2)18-12-16(21)20-10-8-19(9-11-20)15-6-4-14(17)5-7-15/h4-7,13,18H,3,8-12H2,1-2H3. The number of halogens is 1. The molecule has 1 atom stereocenters. The molecule has 0 radical (unpaired) electrons. The Morgan fingerprint density at radius 3 is 2.43 bits per heavy atom. The molecule has 1 aliphatic rings. The van der Waals surface area contributed by atoms with E-state index in [0.717, 1.165) is 37.6 Å². The van der Waals surface area contributed by atoms with Crippen molar-refractivity contribution in [3.8, 4) is 0 Å². The van der Waals surface area contributed by atoms with E-state index in [4.69, 9.17) is 11.6 Å². The lowest BCUT2D eigenvalue weighted by Crippen LogP contribution is -2.51. The second-order valence-corrected chi connectivity index (χ2v) is 5.97. The Bertz CT molecular complexity index is 455. The van der Waals surface area contributed by atoms with Crippen LogP contribution in [0.3, 0.4) is 0 Å². The number of piperazine rings is 1. The summed E-state index contributed by atoms with van der Waals surface area (Å²) in [4.78, 5) is 16.4. The number of hydrogen-bond acceptors (Lipinski definition) is 3. The largest absolute Gasteiger partial charge is 0.368 e. The van der Waals surface area contributed by atoms with Gasteiger partial charge in [0.1, 0.15) is 0 Å². The minimum absolute atomic E-state index is 0.200. The number of nitrogens with zero attached hydrogens (tertiary/aromatic N) is 2. The van der Waals surface area contributed by atoms with Crippen molar-refractivity contribution < 1.29 is 4.79 Å². The van der Waals surface area contributed by atoms with Gasteiger partial charge in [0.15, 0.2) is 0 Å². The predicted octanol–water partition coefficient (Wildman–Crippen LogP) is 2.38. The summed E-state index contributed by atoms with van der Waals surface area (Å²) in [7, 11) is 0. The Hall–Kier alpha value is -1.26. The van der Waals surface area contributed by atoms with E-state index < -0.39 is 0 Å². The maximum atomic E-state index is 12.1. The minimum Gasteiger partial charge on any atom is -0.368 e. The van der Waals surface area contributed by atoms with Gasteiger partial charge in [0.25, 0.3) is 0 Å². The van der Waals surface area contributed by atoms with E-state index in [1.54, 1.807) is 0 Å². The van der Waals surface area contributed by atoms with Gasteiger partial charge in [-0.05, 0) is 37.6 Å². The van der Waals surface area contributed by atoms with Crippen molar-refractivity contribution in [1.82, 2.24) is 10.2 Å². The molecule has 1 unspecified atom stereocenters. The highest BCUT2D eigenvalue weighted by Crippen LogP contribution is 2.19. The van der Waals surface area contributed by atoms with Crippen molar-refractivity contribution in [2.24, 2.45) is 0 Å². The first-order valence-electron chi connectivity index (χ1n) is 7.62. The fourth-order valence-electron chi connectivity index (χ4n) is 2.38. The van der Waals surface area contributed by atoms with Gasteiger partial charge in [-0.25, -0.2) is 0 Å². The van der Waals surface area contributed by atoms with Crippen molar-refractivity contribution in [1.29, 1.82) is 0 Å². The van der Waals surface area contributed by atoms with Crippen LogP contribution >= 0.6 is 11.6 Å². The van der Waals surface area contributed by atoms with Crippen LogP contribution in [-0.2, 0) is 4.79 Å². The first-order valence-corrected chi connectivity index (χ1v) is 7.99. The second-order valence-electron chi connectivity index (χ2n) is 5.53. The Morgan fingerprint density at radius 1 is 1.24 bits per heavy atom. The third-order valence-corrected chi connectivity index (χ3v) is 4.29. The van der Waals surface area contributed by atoms with Crippen LogP contribution in [0.5, 0.6) is 0 Å². The number of benzene rings is 1. The predicted molar refractivity (Wildman–Crippen MR) is 88.0 cm³/mol. The molecule has 0 bridgehead atoms. The molecule has 2 rings (SSSR count). The van der Waals surface area contributed by atoms with Gasteiger partial charge in [-0.3, -0.25) is 4.79 Å². The number of anilines is 1. The Balaban J connectivity index is 1.80. The monoisotopic (exact) mass is 309 g/mol. The highest BCUT2D eigenvalue weighted by Gasteiger charge is 2.21. The molecule has 0 spiro atoms. The topological polar surface area (TPSA) is 35.6 Å². The maximum absolute atomic E-state index is 12.1. The van der Waals surface area contributed by atoms with Gasteiger partial charge < -0.3 is 15.1 Å². The molecular weight excluding hydrogens is 286 g/mol. The summed E-state index contributed by atoms with van der Waals surface area (Å²) < 4.78 is 0. The average molecular weight is 310 g/mol. The molecule has 4 nitrogen and oxygen atoms in total. The molecule has 0 aliphatic carbocycles. The molecule has 1 heterocycles. The minimum atomic E-state index is 0.200. The average Bonchev–Trinajstić information content (AvgIpc) is 2.53. The highest BCUT2D eigenvalue weighted by molar-refractivity contribution is 6.30. The van der Waals surface area contributed by atoms with Gasteiger partial charge in [-0.1, -0.05) is 18.5 Å². The van der Waals surface area contributed by atoms with Crippen LogP contribution in [0.2, 0.25) is 5.02 Å². The molecule has 1 N–H and O–H groups in total. The zero-order valence-electron chi connectivity index (χ0n) is 12.8. The first kappa shape index (κ1) is 16.1. The summed E-state index contributed by atoms with van der Waals surface area (Å²) in [5.74, 6) is 0.200. The van der Waals surface area contributed by atoms with Gasteiger partial charge in [-0.2, -0.15) is 0 Å². The highest BCUT2D eigenvalue weighted by atomic mass is 35.5. The molecule has 1 aliphatic heterocycles. The maximum Gasteiger partial charge on any atom is 0.236 e. The first-order chi connectivity index (χ1) is 10.1. The Kier molecular flexibility index (Phi) is 5.88. The van der Waals surface area contributed by atoms with Crippen molar-refractivity contribution >= 4 is 23.2 Å². The summed E-state index contributed by atoms with van der Waals surface area (Å²) in [6.45, 7) is 7.97. The molecule has 0 saturated carbocycles. The number of carbonyl (C=O) groups is 1. The van der Waals surface area contributed by atoms with Crippen molar-refractivity contribution in [3.05, 3.63) is 29.3 Å². The third-order valence-electron chi connectivity index (χ3n) is 4.04. The van der Waals surface area contributed by atoms with Crippen LogP contribution in [0.4, 0.5) is 5.69 Å². The second kappa shape index (κ2) is 7.66. The van der Waals surface area contributed by atoms with E-state index in [9.17, 15) is 4.79 Å². The molecule has 116 valence electrons. The summed E-state index contributed by atoms with van der Waals surface area (Å²) in [5.41, 5.74) is 1.17. The van der Waals surface area contributed by atoms with Gasteiger partial charge in [-0.15, -0.1) is 0 Å². The van der Waals surface area contributed by atoms with Gasteiger partial charge in [0, 0.05) is 42.9 Å². The molecule has 1 saturated heterocycles. The molecule has 1 aromatic carbocycles. The van der Waals surface area contributed by atoms with Crippen LogP contribution in [-0.4, -0.2) is 49.6 Å². The number of hydrogen-bond donors (Lipinski definition) is 1. The quantitative estimate of drug-likeness (QED) is 0.907. The van der Waals surface area contributed by atoms with Crippen molar-refractivity contribution in [2.45, 2.75) is 26.3 Å². The lowest BCUT2D eigenvalue weighted by atomic mass is 10.2. The fourth-order valence-corrected chi connectivity index (χ4v) is 2.51. The van der Waals surface area contributed by atoms with E-state index in [0.29, 0.717) is 12.6 Å². The zero-order chi connectivity index (χ0) is 15.2. The lowest BCUT2D eigenvalue weighted by Gasteiger charge is -2.36. The molecular formula is C16H24ClN3O. The molecule has 5 heteroatoms. The zero-order valence-corrected chi connectivity index (χ0v) is 13.6. The van der Waals surface area contributed by atoms with Crippen molar-refractivity contribution in [3.63, 3.8) is 0 Å². The van der Waals surface area contributed by atoms with Crippen LogP contribution in [0.1, 0.15) is 20.3 Å². The molecule has 1 fully saturated rings. The normalized spacial score (nSPS) is 16.9. The Labute approximate surface area is 132 Å². The summed E-state index contributed by atoms with van der Waals surface area (Å²) in [5, 5.41) is 4.01. The molecule has 1 amide bonds. The van der Waals surface area contributed by atoms with Gasteiger partial charge in [0.2, 0.25) is 5.91 Å².